The number of hydrogen-bond donors (Lipinski definition) is 1. The number of aromatic nitrogens is 2. The molecule has 0 aliphatic heterocycles. The maximum atomic E-state index is 12.5. The lowest BCUT2D eigenvalue weighted by Crippen LogP contribution is -2.30. The number of benzene rings is 2. The minimum atomic E-state index is -0.194. The Kier molecular flexibility index (Phi) is 6.19. The second-order valence-electron chi connectivity index (χ2n) is 6.13. The third-order valence-electron chi connectivity index (χ3n) is 4.27. The summed E-state index contributed by atoms with van der Waals surface area (Å²) in [6.07, 6.45) is 3.70. The molecule has 0 unspecified atom stereocenters. The van der Waals surface area contributed by atoms with Crippen LogP contribution >= 0.6 is 11.8 Å². The van der Waals surface area contributed by atoms with Crippen molar-refractivity contribution >= 4 is 17.7 Å². The second-order valence-corrected chi connectivity index (χ2v) is 7.54. The molecule has 1 aromatic heterocycles. The van der Waals surface area contributed by atoms with Crippen LogP contribution in [0.3, 0.4) is 0 Å². The average Bonchev–Trinajstić information content (AvgIpc) is 3.12. The molecule has 3 rings (SSSR count). The Morgan fingerprint density at radius 2 is 1.96 bits per heavy atom. The molecule has 0 bridgehead atoms. The van der Waals surface area contributed by atoms with Gasteiger partial charge in [0, 0.05) is 23.8 Å². The summed E-state index contributed by atoms with van der Waals surface area (Å²) in [7, 11) is 1.64. The van der Waals surface area contributed by atoms with Crippen LogP contribution in [0.5, 0.6) is 5.75 Å². The molecule has 2 aromatic carbocycles. The van der Waals surface area contributed by atoms with E-state index in [4.69, 9.17) is 4.74 Å². The Hall–Kier alpha value is -2.73. The Morgan fingerprint density at radius 1 is 1.22 bits per heavy atom. The van der Waals surface area contributed by atoms with E-state index in [0.29, 0.717) is 6.54 Å². The second kappa shape index (κ2) is 8.77. The number of thioether (sulfide) groups is 1. The van der Waals surface area contributed by atoms with Crippen LogP contribution in [0, 0.1) is 6.92 Å². The Bertz CT molecular complexity index is 906. The van der Waals surface area contributed by atoms with Gasteiger partial charge in [-0.1, -0.05) is 18.2 Å². The van der Waals surface area contributed by atoms with E-state index in [1.165, 1.54) is 11.8 Å². The Labute approximate surface area is 163 Å². The van der Waals surface area contributed by atoms with Gasteiger partial charge in [-0.15, -0.1) is 11.8 Å². The first-order valence-electron chi connectivity index (χ1n) is 8.75. The van der Waals surface area contributed by atoms with Gasteiger partial charge in [-0.05, 0) is 49.7 Å². The lowest BCUT2D eigenvalue weighted by Gasteiger charge is -2.15. The molecule has 0 saturated heterocycles. The monoisotopic (exact) mass is 381 g/mol. The first-order chi connectivity index (χ1) is 13.1. The van der Waals surface area contributed by atoms with Crippen LogP contribution in [0.15, 0.2) is 65.8 Å². The van der Waals surface area contributed by atoms with Gasteiger partial charge in [-0.25, -0.2) is 4.98 Å². The summed E-state index contributed by atoms with van der Waals surface area (Å²) in [5.74, 6) is 1.73. The Morgan fingerprint density at radius 3 is 2.63 bits per heavy atom. The van der Waals surface area contributed by atoms with E-state index in [9.17, 15) is 4.79 Å². The van der Waals surface area contributed by atoms with E-state index in [-0.39, 0.29) is 11.2 Å². The fourth-order valence-corrected chi connectivity index (χ4v) is 3.66. The summed E-state index contributed by atoms with van der Waals surface area (Å²) in [6, 6.07) is 15.7. The molecular weight excluding hydrogens is 358 g/mol. The molecular formula is C21H23N3O2S. The highest BCUT2D eigenvalue weighted by atomic mass is 32.2. The van der Waals surface area contributed by atoms with Crippen LogP contribution in [0.2, 0.25) is 0 Å². The van der Waals surface area contributed by atoms with Gasteiger partial charge >= 0.3 is 0 Å². The predicted octanol–water partition coefficient (Wildman–Crippen LogP) is 3.99. The molecule has 1 atom stereocenters. The number of carbonyl (C=O) groups excluding carboxylic acids is 1. The first-order valence-corrected chi connectivity index (χ1v) is 9.63. The third-order valence-corrected chi connectivity index (χ3v) is 5.38. The molecule has 1 heterocycles. The van der Waals surface area contributed by atoms with Gasteiger partial charge < -0.3 is 14.6 Å². The van der Waals surface area contributed by atoms with Crippen LogP contribution in [0.1, 0.15) is 18.3 Å². The lowest BCUT2D eigenvalue weighted by molar-refractivity contribution is -0.120. The zero-order valence-electron chi connectivity index (χ0n) is 15.7. The highest BCUT2D eigenvalue weighted by Crippen LogP contribution is 2.25. The van der Waals surface area contributed by atoms with Crippen molar-refractivity contribution in [3.63, 3.8) is 0 Å². The van der Waals surface area contributed by atoms with Crippen LogP contribution < -0.4 is 10.1 Å². The number of carbonyl (C=O) groups is 1. The summed E-state index contributed by atoms with van der Waals surface area (Å²) in [5.41, 5.74) is 2.08. The zero-order chi connectivity index (χ0) is 19.2. The highest BCUT2D eigenvalue weighted by Gasteiger charge is 2.15. The minimum absolute atomic E-state index is 0.00738. The van der Waals surface area contributed by atoms with Gasteiger partial charge in [0.15, 0.2) is 0 Å². The summed E-state index contributed by atoms with van der Waals surface area (Å²) in [5, 5.41) is 2.85. The average molecular weight is 382 g/mol. The van der Waals surface area contributed by atoms with Gasteiger partial charge in [0.05, 0.1) is 18.0 Å². The zero-order valence-corrected chi connectivity index (χ0v) is 16.5. The number of rotatable bonds is 7. The molecule has 5 nitrogen and oxygen atoms in total. The molecule has 0 saturated carbocycles. The van der Waals surface area contributed by atoms with Crippen LogP contribution in [0.25, 0.3) is 5.69 Å². The van der Waals surface area contributed by atoms with Crippen molar-refractivity contribution in [1.29, 1.82) is 0 Å². The molecule has 140 valence electrons. The van der Waals surface area contributed by atoms with E-state index >= 15 is 0 Å². The molecule has 0 aliphatic rings. The van der Waals surface area contributed by atoms with E-state index in [1.807, 2.05) is 73.1 Å². The van der Waals surface area contributed by atoms with Crippen molar-refractivity contribution in [2.75, 3.05) is 7.11 Å². The predicted molar refractivity (Wildman–Crippen MR) is 108 cm³/mol. The van der Waals surface area contributed by atoms with Crippen molar-refractivity contribution < 1.29 is 9.53 Å². The van der Waals surface area contributed by atoms with Crippen molar-refractivity contribution in [3.05, 3.63) is 72.3 Å². The number of para-hydroxylation sites is 1. The topological polar surface area (TPSA) is 56.1 Å². The Balaban J connectivity index is 1.63. The summed E-state index contributed by atoms with van der Waals surface area (Å²) in [4.78, 5) is 17.8. The highest BCUT2D eigenvalue weighted by molar-refractivity contribution is 8.00. The first kappa shape index (κ1) is 19.0. The molecule has 1 N–H and O–H groups in total. The normalized spacial score (nSPS) is 11.8. The fourth-order valence-electron chi connectivity index (χ4n) is 2.77. The van der Waals surface area contributed by atoms with Gasteiger partial charge in [0.1, 0.15) is 11.6 Å². The maximum Gasteiger partial charge on any atom is 0.233 e. The molecule has 0 radical (unpaired) electrons. The molecule has 27 heavy (non-hydrogen) atoms. The minimum Gasteiger partial charge on any atom is -0.497 e. The molecule has 3 aromatic rings. The molecule has 0 aliphatic carbocycles. The van der Waals surface area contributed by atoms with Crippen molar-refractivity contribution in [3.8, 4) is 11.4 Å². The maximum absolute atomic E-state index is 12.5. The van der Waals surface area contributed by atoms with E-state index in [1.54, 1.807) is 13.3 Å². The number of hydrogen-bond acceptors (Lipinski definition) is 4. The number of nitrogens with one attached hydrogen (secondary N) is 1. The van der Waals surface area contributed by atoms with E-state index in [0.717, 1.165) is 27.7 Å². The van der Waals surface area contributed by atoms with Crippen molar-refractivity contribution in [2.45, 2.75) is 30.5 Å². The smallest absolute Gasteiger partial charge is 0.233 e. The van der Waals surface area contributed by atoms with Gasteiger partial charge in [-0.2, -0.15) is 0 Å². The molecule has 0 fully saturated rings. The quantitative estimate of drug-likeness (QED) is 0.629. The van der Waals surface area contributed by atoms with Gasteiger partial charge in [0.25, 0.3) is 0 Å². The number of aryl methyl sites for hydroxylation is 1. The molecule has 6 heteroatoms. The fraction of sp³-hybridized carbons (Fsp3) is 0.238. The van der Waals surface area contributed by atoms with Crippen molar-refractivity contribution in [2.24, 2.45) is 0 Å². The number of imidazole rings is 1. The van der Waals surface area contributed by atoms with Crippen molar-refractivity contribution in [1.82, 2.24) is 14.9 Å². The summed E-state index contributed by atoms with van der Waals surface area (Å²) < 4.78 is 7.19. The summed E-state index contributed by atoms with van der Waals surface area (Å²) in [6.45, 7) is 4.35. The van der Waals surface area contributed by atoms with E-state index < -0.39 is 0 Å². The standard InChI is InChI=1S/C21H23N3O2S/c1-15(27-19-10-8-18(26-3)9-11-19)21(25)23-14-17-6-4-5-7-20(17)24-13-12-22-16(24)2/h4-13,15H,14H2,1-3H3,(H,23,25)/t15-/m1/s1. The third kappa shape index (κ3) is 4.71. The van der Waals surface area contributed by atoms with Crippen LogP contribution in [-0.2, 0) is 11.3 Å². The van der Waals surface area contributed by atoms with E-state index in [2.05, 4.69) is 10.3 Å². The van der Waals surface area contributed by atoms with Gasteiger partial charge in [-0.3, -0.25) is 4.79 Å². The molecule has 1 amide bonds. The van der Waals surface area contributed by atoms with Gasteiger partial charge in [0.2, 0.25) is 5.91 Å². The lowest BCUT2D eigenvalue weighted by atomic mass is 10.1. The van der Waals surface area contributed by atoms with Crippen LogP contribution in [0.4, 0.5) is 0 Å². The summed E-state index contributed by atoms with van der Waals surface area (Å²) >= 11 is 1.53. The number of amides is 1. The van der Waals surface area contributed by atoms with Crippen LogP contribution in [-0.4, -0.2) is 27.8 Å². The number of methoxy groups -OCH3 is 1. The molecule has 0 spiro atoms. The largest absolute Gasteiger partial charge is 0.497 e. The number of nitrogens with zero attached hydrogens (tertiary/aromatic N) is 2. The number of ether oxygens (including phenoxy) is 1. The SMILES string of the molecule is COc1ccc(S[C@H](C)C(=O)NCc2ccccc2-n2ccnc2C)cc1.